The van der Waals surface area contributed by atoms with Gasteiger partial charge in [0.1, 0.15) is 11.6 Å². The second kappa shape index (κ2) is 7.95. The molecule has 0 atom stereocenters. The van der Waals surface area contributed by atoms with Gasteiger partial charge >= 0.3 is 0 Å². The fourth-order valence-electron chi connectivity index (χ4n) is 3.29. The molecule has 27 heavy (non-hydrogen) atoms. The standard InChI is InChI=1S/C21H23N5O/c1-27-19-10-6-5-9-18(19)23-21-22-12-11-20(24-21)26-15-13-25(14-16-26)17-7-3-2-4-8-17/h2-12H,13-16H2,1H3,(H,22,23,24). The number of rotatable bonds is 5. The molecule has 1 saturated heterocycles. The van der Waals surface area contributed by atoms with Gasteiger partial charge in [-0.3, -0.25) is 0 Å². The highest BCUT2D eigenvalue weighted by Gasteiger charge is 2.18. The zero-order chi connectivity index (χ0) is 18.5. The first kappa shape index (κ1) is 17.1. The Kier molecular flexibility index (Phi) is 5.05. The van der Waals surface area contributed by atoms with Gasteiger partial charge in [-0.05, 0) is 30.3 Å². The lowest BCUT2D eigenvalue weighted by atomic mass is 10.2. The summed E-state index contributed by atoms with van der Waals surface area (Å²) in [6.45, 7) is 3.81. The van der Waals surface area contributed by atoms with Gasteiger partial charge in [0.2, 0.25) is 5.95 Å². The van der Waals surface area contributed by atoms with Gasteiger partial charge in [-0.2, -0.15) is 4.98 Å². The van der Waals surface area contributed by atoms with E-state index in [2.05, 4.69) is 50.4 Å². The van der Waals surface area contributed by atoms with E-state index in [9.17, 15) is 0 Å². The molecule has 0 aliphatic carbocycles. The van der Waals surface area contributed by atoms with Crippen molar-refractivity contribution in [3.63, 3.8) is 0 Å². The molecule has 1 aliphatic heterocycles. The van der Waals surface area contributed by atoms with E-state index in [1.165, 1.54) is 5.69 Å². The van der Waals surface area contributed by atoms with Crippen LogP contribution in [0.2, 0.25) is 0 Å². The molecule has 138 valence electrons. The highest BCUT2D eigenvalue weighted by atomic mass is 16.5. The average molecular weight is 361 g/mol. The predicted molar refractivity (Wildman–Crippen MR) is 109 cm³/mol. The summed E-state index contributed by atoms with van der Waals surface area (Å²) < 4.78 is 5.38. The number of piperazine rings is 1. The summed E-state index contributed by atoms with van der Waals surface area (Å²) in [5, 5.41) is 3.25. The molecule has 0 saturated carbocycles. The van der Waals surface area contributed by atoms with E-state index in [1.807, 2.05) is 30.3 Å². The van der Waals surface area contributed by atoms with E-state index in [-0.39, 0.29) is 0 Å². The lowest BCUT2D eigenvalue weighted by molar-refractivity contribution is 0.417. The Labute approximate surface area is 159 Å². The van der Waals surface area contributed by atoms with Crippen LogP contribution in [0.5, 0.6) is 5.75 Å². The van der Waals surface area contributed by atoms with Crippen molar-refractivity contribution in [1.82, 2.24) is 9.97 Å². The van der Waals surface area contributed by atoms with Gasteiger partial charge in [0.15, 0.2) is 0 Å². The zero-order valence-electron chi connectivity index (χ0n) is 15.4. The normalized spacial score (nSPS) is 14.1. The highest BCUT2D eigenvalue weighted by molar-refractivity contribution is 5.63. The Morgan fingerprint density at radius 3 is 2.33 bits per heavy atom. The largest absolute Gasteiger partial charge is 0.495 e. The molecule has 4 rings (SSSR count). The van der Waals surface area contributed by atoms with Crippen LogP contribution >= 0.6 is 0 Å². The van der Waals surface area contributed by atoms with Crippen LogP contribution in [0.3, 0.4) is 0 Å². The van der Waals surface area contributed by atoms with Crippen LogP contribution in [-0.4, -0.2) is 43.3 Å². The minimum absolute atomic E-state index is 0.572. The van der Waals surface area contributed by atoms with Gasteiger partial charge in [-0.1, -0.05) is 30.3 Å². The second-order valence-corrected chi connectivity index (χ2v) is 6.37. The quantitative estimate of drug-likeness (QED) is 0.750. The Morgan fingerprint density at radius 2 is 1.56 bits per heavy atom. The van der Waals surface area contributed by atoms with E-state index in [0.29, 0.717) is 5.95 Å². The van der Waals surface area contributed by atoms with Crippen molar-refractivity contribution in [3.05, 3.63) is 66.9 Å². The van der Waals surface area contributed by atoms with Gasteiger partial charge in [0.05, 0.1) is 12.8 Å². The maximum Gasteiger partial charge on any atom is 0.229 e. The Bertz CT molecular complexity index is 879. The van der Waals surface area contributed by atoms with Crippen molar-refractivity contribution < 1.29 is 4.74 Å². The lowest BCUT2D eigenvalue weighted by Crippen LogP contribution is -2.46. The molecule has 2 heterocycles. The second-order valence-electron chi connectivity index (χ2n) is 6.37. The van der Waals surface area contributed by atoms with Crippen LogP contribution in [0.25, 0.3) is 0 Å². The minimum atomic E-state index is 0.572. The number of para-hydroxylation sites is 3. The third-order valence-corrected chi connectivity index (χ3v) is 4.72. The van der Waals surface area contributed by atoms with Gasteiger partial charge in [0.25, 0.3) is 0 Å². The van der Waals surface area contributed by atoms with Gasteiger partial charge < -0.3 is 19.9 Å². The van der Waals surface area contributed by atoms with E-state index in [0.717, 1.165) is 43.4 Å². The summed E-state index contributed by atoms with van der Waals surface area (Å²) in [6.07, 6.45) is 1.80. The topological polar surface area (TPSA) is 53.5 Å². The van der Waals surface area contributed by atoms with Crippen molar-refractivity contribution in [2.45, 2.75) is 0 Å². The first-order chi connectivity index (χ1) is 13.3. The molecule has 6 nitrogen and oxygen atoms in total. The third-order valence-electron chi connectivity index (χ3n) is 4.72. The highest BCUT2D eigenvalue weighted by Crippen LogP contribution is 2.26. The maximum atomic E-state index is 5.38. The Hall–Kier alpha value is -3.28. The maximum absolute atomic E-state index is 5.38. The number of benzene rings is 2. The molecular weight excluding hydrogens is 338 g/mol. The lowest BCUT2D eigenvalue weighted by Gasteiger charge is -2.36. The third kappa shape index (κ3) is 3.95. The van der Waals surface area contributed by atoms with Crippen LogP contribution in [0, 0.1) is 0 Å². The molecule has 0 spiro atoms. The molecule has 0 amide bonds. The fourth-order valence-corrected chi connectivity index (χ4v) is 3.29. The van der Waals surface area contributed by atoms with Crippen LogP contribution in [0.4, 0.5) is 23.1 Å². The Morgan fingerprint density at radius 1 is 0.852 bits per heavy atom. The molecule has 6 heteroatoms. The van der Waals surface area contributed by atoms with Crippen molar-refractivity contribution in [3.8, 4) is 5.75 Å². The average Bonchev–Trinajstić information content (AvgIpc) is 2.75. The molecular formula is C21H23N5O. The minimum Gasteiger partial charge on any atom is -0.495 e. The number of hydrogen-bond donors (Lipinski definition) is 1. The number of anilines is 4. The summed E-state index contributed by atoms with van der Waals surface area (Å²) in [5.41, 5.74) is 2.13. The van der Waals surface area contributed by atoms with E-state index in [4.69, 9.17) is 9.72 Å². The SMILES string of the molecule is COc1ccccc1Nc1nccc(N2CCN(c3ccccc3)CC2)n1. The molecule has 0 unspecified atom stereocenters. The molecule has 1 aromatic heterocycles. The molecule has 0 bridgehead atoms. The fraction of sp³-hybridized carbons (Fsp3) is 0.238. The molecule has 3 aromatic rings. The number of aromatic nitrogens is 2. The summed E-state index contributed by atoms with van der Waals surface area (Å²) in [6, 6.07) is 20.3. The summed E-state index contributed by atoms with van der Waals surface area (Å²) in [7, 11) is 1.66. The van der Waals surface area contributed by atoms with Gasteiger partial charge in [0, 0.05) is 38.1 Å². The van der Waals surface area contributed by atoms with E-state index >= 15 is 0 Å². The summed E-state index contributed by atoms with van der Waals surface area (Å²) in [4.78, 5) is 13.8. The monoisotopic (exact) mass is 361 g/mol. The summed E-state index contributed by atoms with van der Waals surface area (Å²) in [5.74, 6) is 2.28. The number of nitrogens with zero attached hydrogens (tertiary/aromatic N) is 4. The molecule has 1 aliphatic rings. The molecule has 0 radical (unpaired) electrons. The zero-order valence-corrected chi connectivity index (χ0v) is 15.4. The van der Waals surface area contributed by atoms with Crippen molar-refractivity contribution >= 4 is 23.1 Å². The van der Waals surface area contributed by atoms with Gasteiger partial charge in [-0.15, -0.1) is 0 Å². The number of nitrogens with one attached hydrogen (secondary N) is 1. The van der Waals surface area contributed by atoms with Crippen LogP contribution < -0.4 is 19.9 Å². The molecule has 1 fully saturated rings. The molecule has 1 N–H and O–H groups in total. The van der Waals surface area contributed by atoms with Crippen LogP contribution in [-0.2, 0) is 0 Å². The van der Waals surface area contributed by atoms with Crippen LogP contribution in [0.15, 0.2) is 66.9 Å². The Balaban J connectivity index is 1.44. The summed E-state index contributed by atoms with van der Waals surface area (Å²) >= 11 is 0. The van der Waals surface area contributed by atoms with E-state index in [1.54, 1.807) is 13.3 Å². The van der Waals surface area contributed by atoms with Crippen LogP contribution in [0.1, 0.15) is 0 Å². The number of ether oxygens (including phenoxy) is 1. The number of hydrogen-bond acceptors (Lipinski definition) is 6. The first-order valence-electron chi connectivity index (χ1n) is 9.11. The van der Waals surface area contributed by atoms with Crippen molar-refractivity contribution in [2.75, 3.05) is 48.4 Å². The predicted octanol–water partition coefficient (Wildman–Crippen LogP) is 3.56. The number of methoxy groups -OCH3 is 1. The van der Waals surface area contributed by atoms with E-state index < -0.39 is 0 Å². The van der Waals surface area contributed by atoms with Crippen molar-refractivity contribution in [1.29, 1.82) is 0 Å². The smallest absolute Gasteiger partial charge is 0.229 e. The van der Waals surface area contributed by atoms with Crippen molar-refractivity contribution in [2.24, 2.45) is 0 Å². The van der Waals surface area contributed by atoms with Gasteiger partial charge in [-0.25, -0.2) is 4.98 Å². The molecule has 2 aromatic carbocycles. The first-order valence-corrected chi connectivity index (χ1v) is 9.11.